The summed E-state index contributed by atoms with van der Waals surface area (Å²) in [5.74, 6) is 0. The molecule has 0 aromatic heterocycles. The minimum Gasteiger partial charge on any atom is 0 e. The minimum atomic E-state index is -4.61. The van der Waals surface area contributed by atoms with Gasteiger partial charge >= 0.3 is 60.4 Å². The SMILES string of the molecule is Br.F.O[Si](O)(O)O.[AlH3].[KH].[Zn]. The van der Waals surface area contributed by atoms with Crippen molar-refractivity contribution >= 4 is 94.8 Å². The average Bonchev–Trinajstić information content (AvgIpc) is 0.722. The van der Waals surface area contributed by atoms with E-state index in [0.29, 0.717) is 0 Å². The Morgan fingerprint density at radius 1 is 0.900 bits per heavy atom. The maximum atomic E-state index is 7.33. The van der Waals surface area contributed by atoms with Gasteiger partial charge in [-0.15, -0.1) is 17.0 Å². The van der Waals surface area contributed by atoms with Crippen molar-refractivity contribution in [1.82, 2.24) is 0 Å². The first-order valence-electron chi connectivity index (χ1n) is 0.894. The Morgan fingerprint density at radius 2 is 0.900 bits per heavy atom. The van der Waals surface area contributed by atoms with Gasteiger partial charge in [0.1, 0.15) is 0 Å². The predicted octanol–water partition coefficient (Wildman–Crippen LogP) is -3.71. The van der Waals surface area contributed by atoms with Gasteiger partial charge in [0.05, 0.1) is 0 Å². The summed E-state index contributed by atoms with van der Waals surface area (Å²) in [6.07, 6.45) is 0. The van der Waals surface area contributed by atoms with Crippen LogP contribution < -0.4 is 0 Å². The first kappa shape index (κ1) is 37.8. The van der Waals surface area contributed by atoms with Gasteiger partial charge in [0, 0.05) is 19.5 Å². The van der Waals surface area contributed by atoms with Crippen molar-refractivity contribution in [1.29, 1.82) is 0 Å². The topological polar surface area (TPSA) is 80.9 Å². The Labute approximate surface area is 135 Å². The molecule has 0 unspecified atom stereocenters. The van der Waals surface area contributed by atoms with Gasteiger partial charge in [-0.25, -0.2) is 0 Å². The van der Waals surface area contributed by atoms with Crippen LogP contribution in [-0.4, -0.2) is 97.0 Å². The predicted molar refractivity (Wildman–Crippen MR) is 44.5 cm³/mol. The summed E-state index contributed by atoms with van der Waals surface area (Å²) in [6, 6.07) is 0. The Morgan fingerprint density at radius 3 is 0.900 bits per heavy atom. The van der Waals surface area contributed by atoms with Crippen molar-refractivity contribution in [3.63, 3.8) is 0 Å². The van der Waals surface area contributed by atoms with E-state index in [1.807, 2.05) is 0 Å². The maximum absolute atomic E-state index is 7.33. The maximum Gasteiger partial charge on any atom is 0 e. The third-order valence-corrected chi connectivity index (χ3v) is 0. The quantitative estimate of drug-likeness (QED) is 0.344. The standard InChI is InChI=1S/Al.BrH.FH.K.H4O4Si.Zn.4H/c;;;;1-5(2,3)4;;;;;/h;2*1H;;1-4H;;;;;. The summed E-state index contributed by atoms with van der Waals surface area (Å²) in [5.41, 5.74) is 0. The summed E-state index contributed by atoms with van der Waals surface area (Å²) in [7, 11) is -4.61. The molecule has 4 nitrogen and oxygen atoms in total. The zero-order chi connectivity index (χ0) is 4.50. The molecule has 0 spiro atoms. The van der Waals surface area contributed by atoms with Crippen molar-refractivity contribution in [2.45, 2.75) is 0 Å². The second-order valence-electron chi connectivity index (χ2n) is 0.600. The van der Waals surface area contributed by atoms with Gasteiger partial charge in [0.25, 0.3) is 0 Å². The van der Waals surface area contributed by atoms with Crippen LogP contribution in [0, 0.1) is 0 Å². The normalized spacial score (nSPS) is 6.00. The summed E-state index contributed by atoms with van der Waals surface area (Å²) < 4.78 is 0. The minimum absolute atomic E-state index is 0. The van der Waals surface area contributed by atoms with E-state index in [1.54, 1.807) is 0 Å². The molecule has 0 radical (unpaired) electrons. The molecule has 58 valence electrons. The third kappa shape index (κ3) is 112. The molecule has 0 bridgehead atoms. The van der Waals surface area contributed by atoms with Crippen molar-refractivity contribution in [2.24, 2.45) is 0 Å². The van der Waals surface area contributed by atoms with E-state index in [9.17, 15) is 0 Å². The molecule has 0 aromatic rings. The van der Waals surface area contributed by atoms with Crippen LogP contribution in [0.2, 0.25) is 0 Å². The fourth-order valence-electron chi connectivity index (χ4n) is 0. The summed E-state index contributed by atoms with van der Waals surface area (Å²) in [5, 5.41) is 0. The number of hydrogen-bond donors (Lipinski definition) is 4. The molecular weight excluding hydrogens is 322 g/mol. The van der Waals surface area contributed by atoms with E-state index >= 15 is 0 Å². The van der Waals surface area contributed by atoms with Crippen molar-refractivity contribution < 1.29 is 43.4 Å². The van der Waals surface area contributed by atoms with Crippen LogP contribution >= 0.6 is 17.0 Å². The van der Waals surface area contributed by atoms with E-state index in [0.717, 1.165) is 0 Å². The van der Waals surface area contributed by atoms with Crippen molar-refractivity contribution in [3.8, 4) is 0 Å². The van der Waals surface area contributed by atoms with Crippen LogP contribution in [0.15, 0.2) is 0 Å². The second-order valence-corrected chi connectivity index (χ2v) is 1.80. The first-order chi connectivity index (χ1) is 2.00. The summed E-state index contributed by atoms with van der Waals surface area (Å²) in [6.45, 7) is 0. The molecule has 0 aliphatic carbocycles. The van der Waals surface area contributed by atoms with E-state index < -0.39 is 9.05 Å². The van der Waals surface area contributed by atoms with Crippen molar-refractivity contribution in [3.05, 3.63) is 0 Å². The van der Waals surface area contributed by atoms with Crippen LogP contribution in [0.4, 0.5) is 4.70 Å². The Balaban J connectivity index is -0.00000000800. The zero-order valence-electron chi connectivity index (χ0n) is 3.81. The molecule has 0 fully saturated rings. The Hall–Kier alpha value is 3.26. The molecule has 0 heterocycles. The van der Waals surface area contributed by atoms with E-state index in [2.05, 4.69) is 0 Å². The molecule has 0 aromatic carbocycles. The largest absolute Gasteiger partial charge is 0 e. The molecule has 10 heavy (non-hydrogen) atoms. The van der Waals surface area contributed by atoms with E-state index in [-0.39, 0.29) is 110 Å². The van der Waals surface area contributed by atoms with Crippen LogP contribution in [-0.2, 0) is 19.5 Å². The van der Waals surface area contributed by atoms with Gasteiger partial charge in [0.15, 0.2) is 17.4 Å². The van der Waals surface area contributed by atoms with Crippen molar-refractivity contribution in [2.75, 3.05) is 0 Å². The smallest absolute Gasteiger partial charge is 0 e. The van der Waals surface area contributed by atoms with Gasteiger partial charge in [-0.05, 0) is 0 Å². The zero-order valence-corrected chi connectivity index (χ0v) is 9.49. The molecular formula is H10AlBrFKO4SiZn. The second kappa shape index (κ2) is 18.1. The molecule has 0 atom stereocenters. The Kier molecular flexibility index (Phi) is 68.5. The number of rotatable bonds is 0. The van der Waals surface area contributed by atoms with E-state index in [4.69, 9.17) is 19.2 Å². The molecule has 0 saturated carbocycles. The average molecular weight is 333 g/mol. The van der Waals surface area contributed by atoms with Crippen LogP contribution in [0.3, 0.4) is 0 Å². The molecule has 4 N–H and O–H groups in total. The number of hydrogen-bond acceptors (Lipinski definition) is 4. The number of halogens is 2. The van der Waals surface area contributed by atoms with Crippen LogP contribution in [0.1, 0.15) is 0 Å². The van der Waals surface area contributed by atoms with Gasteiger partial charge in [-0.2, -0.15) is 0 Å². The summed E-state index contributed by atoms with van der Waals surface area (Å²) >= 11 is 0. The molecule has 0 aliphatic rings. The monoisotopic (exact) mass is 330 g/mol. The molecule has 0 rings (SSSR count). The van der Waals surface area contributed by atoms with Gasteiger partial charge in [-0.3, -0.25) is 4.70 Å². The van der Waals surface area contributed by atoms with Gasteiger partial charge in [0.2, 0.25) is 0 Å². The van der Waals surface area contributed by atoms with E-state index in [1.165, 1.54) is 0 Å². The summed E-state index contributed by atoms with van der Waals surface area (Å²) in [4.78, 5) is 29.3. The van der Waals surface area contributed by atoms with Crippen LogP contribution in [0.5, 0.6) is 0 Å². The van der Waals surface area contributed by atoms with Crippen LogP contribution in [0.25, 0.3) is 0 Å². The fourth-order valence-corrected chi connectivity index (χ4v) is 0. The first-order valence-corrected chi connectivity index (χ1v) is 2.68. The molecule has 0 saturated heterocycles. The third-order valence-electron chi connectivity index (χ3n) is 0. The Bertz CT molecular complexity index is 40.7. The fraction of sp³-hybridized carbons (Fsp3) is 0. The van der Waals surface area contributed by atoms with Gasteiger partial charge < -0.3 is 19.2 Å². The molecule has 0 aliphatic heterocycles. The molecule has 0 amide bonds. The molecule has 10 heteroatoms. The van der Waals surface area contributed by atoms with Gasteiger partial charge in [-0.1, -0.05) is 0 Å².